The maximum atomic E-state index is 13.4. The van der Waals surface area contributed by atoms with Crippen molar-refractivity contribution in [2.45, 2.75) is 23.5 Å². The molecular formula is C19H19ClFN3O4S. The quantitative estimate of drug-likeness (QED) is 0.621. The van der Waals surface area contributed by atoms with Crippen molar-refractivity contribution in [3.8, 4) is 0 Å². The van der Waals surface area contributed by atoms with Crippen molar-refractivity contribution in [1.29, 1.82) is 4.78 Å². The van der Waals surface area contributed by atoms with E-state index < -0.39 is 33.0 Å². The molecule has 0 saturated carbocycles. The van der Waals surface area contributed by atoms with E-state index in [4.69, 9.17) is 16.4 Å². The van der Waals surface area contributed by atoms with E-state index in [0.29, 0.717) is 16.1 Å². The molecule has 2 unspecified atom stereocenters. The minimum absolute atomic E-state index is 0.102. The third-order valence-corrected chi connectivity index (χ3v) is 6.04. The summed E-state index contributed by atoms with van der Waals surface area (Å²) < 4.78 is 32.7. The summed E-state index contributed by atoms with van der Waals surface area (Å²) in [7, 11) is -2.89. The summed E-state index contributed by atoms with van der Waals surface area (Å²) in [5, 5.41) is 13.3. The van der Waals surface area contributed by atoms with Crippen LogP contribution in [-0.4, -0.2) is 39.5 Å². The molecule has 10 heteroatoms. The topological polar surface area (TPSA) is 111 Å². The standard InChI is InChI=1S/C19H19ClFN3O4S/c1-29(22,28)16-4-2-15(3-5-16)24-7-6-19(27,18(24)26)17(25)23-11-12-8-13(20)10-14(21)9-12/h2-5,8-10,22,27H,6-7,11H2,1H3,(H,23,25). The van der Waals surface area contributed by atoms with Crippen LogP contribution < -0.4 is 10.2 Å². The molecule has 0 bridgehead atoms. The van der Waals surface area contributed by atoms with Gasteiger partial charge < -0.3 is 15.3 Å². The number of nitrogens with zero attached hydrogens (tertiary/aromatic N) is 1. The van der Waals surface area contributed by atoms with Crippen LogP contribution in [0.2, 0.25) is 5.02 Å². The highest BCUT2D eigenvalue weighted by atomic mass is 35.5. The van der Waals surface area contributed by atoms with E-state index in [1.807, 2.05) is 0 Å². The molecule has 1 aliphatic rings. The molecule has 7 nitrogen and oxygen atoms in total. The normalized spacial score (nSPS) is 21.1. The maximum absolute atomic E-state index is 13.4. The van der Waals surface area contributed by atoms with Gasteiger partial charge in [0.2, 0.25) is 5.60 Å². The number of benzene rings is 2. The lowest BCUT2D eigenvalue weighted by Gasteiger charge is -2.22. The molecule has 2 amide bonds. The van der Waals surface area contributed by atoms with Crippen molar-refractivity contribution in [1.82, 2.24) is 5.32 Å². The first kappa shape index (κ1) is 21.2. The smallest absolute Gasteiger partial charge is 0.268 e. The molecule has 3 N–H and O–H groups in total. The molecule has 1 heterocycles. The van der Waals surface area contributed by atoms with E-state index in [9.17, 15) is 23.3 Å². The molecular weight excluding hydrogens is 421 g/mol. The minimum atomic E-state index is -2.89. The Hall–Kier alpha value is -2.49. The monoisotopic (exact) mass is 439 g/mol. The molecule has 2 aromatic rings. The fraction of sp³-hybridized carbons (Fsp3) is 0.263. The fourth-order valence-corrected chi connectivity index (χ4v) is 3.99. The zero-order valence-corrected chi connectivity index (χ0v) is 17.0. The SMILES string of the molecule is CS(=N)(=O)c1ccc(N2CCC(O)(C(=O)NCc3cc(F)cc(Cl)c3)C2=O)cc1. The van der Waals surface area contributed by atoms with Gasteiger partial charge in [0.25, 0.3) is 11.8 Å². The summed E-state index contributed by atoms with van der Waals surface area (Å²) in [6.07, 6.45) is 1.17. The molecule has 2 atom stereocenters. The van der Waals surface area contributed by atoms with Gasteiger partial charge in [0.05, 0.1) is 9.73 Å². The Morgan fingerprint density at radius 2 is 2.00 bits per heavy atom. The Morgan fingerprint density at radius 3 is 2.59 bits per heavy atom. The highest BCUT2D eigenvalue weighted by Gasteiger charge is 2.51. The second kappa shape index (κ2) is 7.74. The number of carbonyl (C=O) groups excluding carboxylic acids is 2. The molecule has 29 heavy (non-hydrogen) atoms. The summed E-state index contributed by atoms with van der Waals surface area (Å²) >= 11 is 5.78. The molecule has 0 spiro atoms. The van der Waals surface area contributed by atoms with Crippen LogP contribution >= 0.6 is 11.6 Å². The third-order valence-electron chi connectivity index (χ3n) is 4.65. The summed E-state index contributed by atoms with van der Waals surface area (Å²) in [5.74, 6) is -2.23. The average Bonchev–Trinajstić information content (AvgIpc) is 2.94. The summed E-state index contributed by atoms with van der Waals surface area (Å²) in [6.45, 7) is 0.00519. The predicted molar refractivity (Wildman–Crippen MR) is 107 cm³/mol. The number of nitrogens with one attached hydrogen (secondary N) is 2. The van der Waals surface area contributed by atoms with Crippen LogP contribution in [0, 0.1) is 10.6 Å². The second-order valence-electron chi connectivity index (χ2n) is 6.86. The first-order chi connectivity index (χ1) is 13.5. The van der Waals surface area contributed by atoms with Crippen molar-refractivity contribution in [2.24, 2.45) is 0 Å². The van der Waals surface area contributed by atoms with Crippen LogP contribution in [0.1, 0.15) is 12.0 Å². The van der Waals surface area contributed by atoms with E-state index >= 15 is 0 Å². The first-order valence-corrected chi connectivity index (χ1v) is 11.0. The van der Waals surface area contributed by atoms with Gasteiger partial charge in [-0.25, -0.2) is 13.4 Å². The zero-order chi connectivity index (χ0) is 21.4. The zero-order valence-electron chi connectivity index (χ0n) is 15.4. The highest BCUT2D eigenvalue weighted by Crippen LogP contribution is 2.29. The summed E-state index contributed by atoms with van der Waals surface area (Å²) in [4.78, 5) is 26.8. The molecule has 154 valence electrons. The number of rotatable bonds is 5. The molecule has 1 fully saturated rings. The summed E-state index contributed by atoms with van der Waals surface area (Å²) in [6, 6.07) is 9.77. The summed E-state index contributed by atoms with van der Waals surface area (Å²) in [5.41, 5.74) is -1.44. The maximum Gasteiger partial charge on any atom is 0.268 e. The highest BCUT2D eigenvalue weighted by molar-refractivity contribution is 7.91. The largest absolute Gasteiger partial charge is 0.372 e. The molecule has 3 rings (SSSR count). The number of hydrogen-bond acceptors (Lipinski definition) is 5. The average molecular weight is 440 g/mol. The lowest BCUT2D eigenvalue weighted by molar-refractivity contribution is -0.149. The number of hydrogen-bond donors (Lipinski definition) is 3. The lowest BCUT2D eigenvalue weighted by atomic mass is 10.0. The van der Waals surface area contributed by atoms with E-state index in [2.05, 4.69) is 5.32 Å². The van der Waals surface area contributed by atoms with Crippen LogP contribution in [0.25, 0.3) is 0 Å². The van der Waals surface area contributed by atoms with Crippen molar-refractivity contribution >= 4 is 38.8 Å². The molecule has 0 aliphatic carbocycles. The van der Waals surface area contributed by atoms with E-state index in [1.54, 1.807) is 0 Å². The van der Waals surface area contributed by atoms with Gasteiger partial charge in [-0.05, 0) is 48.0 Å². The predicted octanol–water partition coefficient (Wildman–Crippen LogP) is 2.30. The third kappa shape index (κ3) is 4.42. The van der Waals surface area contributed by atoms with Crippen LogP contribution in [-0.2, 0) is 25.9 Å². The van der Waals surface area contributed by atoms with Crippen molar-refractivity contribution in [2.75, 3.05) is 17.7 Å². The number of carbonyl (C=O) groups is 2. The van der Waals surface area contributed by atoms with Crippen molar-refractivity contribution in [3.63, 3.8) is 0 Å². The molecule has 0 aromatic heterocycles. The Balaban J connectivity index is 1.72. The van der Waals surface area contributed by atoms with Gasteiger partial charge >= 0.3 is 0 Å². The van der Waals surface area contributed by atoms with Gasteiger partial charge in [0.1, 0.15) is 5.82 Å². The number of amides is 2. The Bertz CT molecular complexity index is 1060. The van der Waals surface area contributed by atoms with Crippen LogP contribution in [0.5, 0.6) is 0 Å². The van der Waals surface area contributed by atoms with Crippen LogP contribution in [0.3, 0.4) is 0 Å². The molecule has 1 aliphatic heterocycles. The Labute approximate surface area is 172 Å². The van der Waals surface area contributed by atoms with Gasteiger partial charge in [-0.15, -0.1) is 0 Å². The van der Waals surface area contributed by atoms with Gasteiger partial charge in [0.15, 0.2) is 0 Å². The number of halogens is 2. The molecule has 0 radical (unpaired) electrons. The van der Waals surface area contributed by atoms with Gasteiger partial charge in [0, 0.05) is 41.4 Å². The van der Waals surface area contributed by atoms with E-state index in [0.717, 1.165) is 6.07 Å². The van der Waals surface area contributed by atoms with E-state index in [-0.39, 0.29) is 24.5 Å². The van der Waals surface area contributed by atoms with Crippen molar-refractivity contribution < 1.29 is 23.3 Å². The van der Waals surface area contributed by atoms with Crippen LogP contribution in [0.15, 0.2) is 47.4 Å². The number of anilines is 1. The minimum Gasteiger partial charge on any atom is -0.372 e. The van der Waals surface area contributed by atoms with Gasteiger partial charge in [-0.3, -0.25) is 9.59 Å². The second-order valence-corrected chi connectivity index (χ2v) is 9.46. The van der Waals surface area contributed by atoms with E-state index in [1.165, 1.54) is 47.6 Å². The Kier molecular flexibility index (Phi) is 5.66. The first-order valence-electron chi connectivity index (χ1n) is 8.62. The molecule has 2 aromatic carbocycles. The van der Waals surface area contributed by atoms with Gasteiger partial charge in [-0.1, -0.05) is 11.6 Å². The number of aliphatic hydroxyl groups is 1. The van der Waals surface area contributed by atoms with Crippen LogP contribution in [0.4, 0.5) is 10.1 Å². The molecule has 1 saturated heterocycles. The lowest BCUT2D eigenvalue weighted by Crippen LogP contribution is -2.52. The fourth-order valence-electron chi connectivity index (χ4n) is 3.09. The van der Waals surface area contributed by atoms with Gasteiger partial charge in [-0.2, -0.15) is 0 Å². The van der Waals surface area contributed by atoms with Crippen molar-refractivity contribution in [3.05, 3.63) is 58.9 Å². The Morgan fingerprint density at radius 1 is 1.34 bits per heavy atom.